The van der Waals surface area contributed by atoms with Crippen molar-refractivity contribution >= 4 is 5.91 Å². The number of piperidine rings is 1. The molecule has 2 rings (SSSR count). The monoisotopic (exact) mass is 198 g/mol. The summed E-state index contributed by atoms with van der Waals surface area (Å²) in [4.78, 5) is 13.6. The van der Waals surface area contributed by atoms with Gasteiger partial charge < -0.3 is 15.3 Å². The largest absolute Gasteiger partial charge is 0.386 e. The van der Waals surface area contributed by atoms with Gasteiger partial charge in [0.2, 0.25) is 5.91 Å². The second-order valence-corrected chi connectivity index (χ2v) is 4.73. The summed E-state index contributed by atoms with van der Waals surface area (Å²) in [7, 11) is 0. The molecular weight excluding hydrogens is 180 g/mol. The van der Waals surface area contributed by atoms with E-state index < -0.39 is 5.60 Å². The number of hydrogen-bond donors (Lipinski definition) is 2. The lowest BCUT2D eigenvalue weighted by molar-refractivity contribution is -0.157. The first-order valence-electron chi connectivity index (χ1n) is 5.30. The molecule has 2 fully saturated rings. The zero-order chi connectivity index (χ0) is 10.2. The minimum atomic E-state index is -0.641. The van der Waals surface area contributed by atoms with Gasteiger partial charge in [0.1, 0.15) is 0 Å². The van der Waals surface area contributed by atoms with Crippen LogP contribution in [0, 0.1) is 5.92 Å². The average molecular weight is 198 g/mol. The minimum Gasteiger partial charge on any atom is -0.386 e. The summed E-state index contributed by atoms with van der Waals surface area (Å²) in [5.41, 5.74) is -0.641. The van der Waals surface area contributed by atoms with Crippen LogP contribution in [0.3, 0.4) is 0 Å². The average Bonchev–Trinajstić information content (AvgIpc) is 2.14. The van der Waals surface area contributed by atoms with Gasteiger partial charge >= 0.3 is 0 Å². The van der Waals surface area contributed by atoms with E-state index in [0.29, 0.717) is 13.1 Å². The first-order chi connectivity index (χ1) is 6.58. The molecule has 2 N–H and O–H groups in total. The second-order valence-electron chi connectivity index (χ2n) is 4.73. The van der Waals surface area contributed by atoms with Crippen LogP contribution < -0.4 is 5.32 Å². The van der Waals surface area contributed by atoms with Crippen molar-refractivity contribution in [3.8, 4) is 0 Å². The van der Waals surface area contributed by atoms with Gasteiger partial charge in [0, 0.05) is 6.54 Å². The number of hydrogen-bond acceptors (Lipinski definition) is 3. The third-order valence-corrected chi connectivity index (χ3v) is 3.02. The van der Waals surface area contributed by atoms with E-state index >= 15 is 0 Å². The van der Waals surface area contributed by atoms with E-state index in [2.05, 4.69) is 5.32 Å². The molecule has 4 heteroatoms. The Hall–Kier alpha value is -0.610. The summed E-state index contributed by atoms with van der Waals surface area (Å²) in [5.74, 6) is 0.351. The Kier molecular flexibility index (Phi) is 2.49. The molecule has 1 atom stereocenters. The maximum Gasteiger partial charge on any atom is 0.227 e. The van der Waals surface area contributed by atoms with Gasteiger partial charge in [-0.15, -0.1) is 0 Å². The summed E-state index contributed by atoms with van der Waals surface area (Å²) in [6.45, 7) is 4.61. The van der Waals surface area contributed by atoms with Crippen LogP contribution >= 0.6 is 0 Å². The maximum absolute atomic E-state index is 11.8. The molecule has 0 radical (unpaired) electrons. The van der Waals surface area contributed by atoms with Gasteiger partial charge in [-0.3, -0.25) is 4.79 Å². The number of β-amino-alcohol motifs (C(OH)–C–C–N with tert-alkyl or cyclic N) is 1. The number of nitrogens with one attached hydrogen (secondary N) is 1. The van der Waals surface area contributed by atoms with Crippen molar-refractivity contribution in [3.05, 3.63) is 0 Å². The molecule has 0 spiro atoms. The van der Waals surface area contributed by atoms with Crippen LogP contribution in [0.5, 0.6) is 0 Å². The molecule has 1 unspecified atom stereocenters. The van der Waals surface area contributed by atoms with E-state index in [9.17, 15) is 9.90 Å². The maximum atomic E-state index is 11.8. The van der Waals surface area contributed by atoms with Crippen LogP contribution in [-0.2, 0) is 4.79 Å². The van der Waals surface area contributed by atoms with Crippen LogP contribution in [0.25, 0.3) is 0 Å². The molecular formula is C10H18N2O2. The van der Waals surface area contributed by atoms with Crippen molar-refractivity contribution < 1.29 is 9.90 Å². The molecule has 2 heterocycles. The zero-order valence-corrected chi connectivity index (χ0v) is 8.62. The predicted molar refractivity (Wildman–Crippen MR) is 52.8 cm³/mol. The summed E-state index contributed by atoms with van der Waals surface area (Å²) >= 11 is 0. The van der Waals surface area contributed by atoms with Crippen molar-refractivity contribution in [2.45, 2.75) is 25.4 Å². The highest BCUT2D eigenvalue weighted by Crippen LogP contribution is 2.23. The van der Waals surface area contributed by atoms with E-state index in [1.54, 1.807) is 11.8 Å². The summed E-state index contributed by atoms with van der Waals surface area (Å²) < 4.78 is 0. The first kappa shape index (κ1) is 9.93. The summed E-state index contributed by atoms with van der Waals surface area (Å²) in [6, 6.07) is 0. The van der Waals surface area contributed by atoms with Gasteiger partial charge in [0.15, 0.2) is 0 Å². The molecule has 4 nitrogen and oxygen atoms in total. The lowest BCUT2D eigenvalue weighted by Gasteiger charge is -2.45. The Morgan fingerprint density at radius 2 is 2.29 bits per heavy atom. The van der Waals surface area contributed by atoms with E-state index in [-0.39, 0.29) is 11.8 Å². The van der Waals surface area contributed by atoms with Crippen LogP contribution in [0.4, 0.5) is 0 Å². The summed E-state index contributed by atoms with van der Waals surface area (Å²) in [5, 5.41) is 12.8. The Labute approximate surface area is 84.3 Å². The van der Waals surface area contributed by atoms with Gasteiger partial charge in [-0.2, -0.15) is 0 Å². The molecule has 0 aromatic rings. The molecule has 1 amide bonds. The number of nitrogens with zero attached hydrogens (tertiary/aromatic N) is 1. The Morgan fingerprint density at radius 1 is 1.57 bits per heavy atom. The van der Waals surface area contributed by atoms with E-state index in [1.807, 2.05) is 0 Å². The quantitative estimate of drug-likeness (QED) is 0.601. The molecule has 2 saturated heterocycles. The van der Waals surface area contributed by atoms with E-state index in [0.717, 1.165) is 25.9 Å². The molecule has 0 saturated carbocycles. The fourth-order valence-corrected chi connectivity index (χ4v) is 2.25. The number of carbonyl (C=O) groups is 1. The smallest absolute Gasteiger partial charge is 0.227 e. The molecule has 0 aromatic carbocycles. The normalized spacial score (nSPS) is 31.0. The standard InChI is InChI=1S/C10H18N2O2/c1-10(14)6-12(7-10)9(13)8-3-2-4-11-5-8/h8,11,14H,2-7H2,1H3. The lowest BCUT2D eigenvalue weighted by atomic mass is 9.91. The number of likely N-dealkylation sites (tertiary alicyclic amines) is 1. The lowest BCUT2D eigenvalue weighted by Crippen LogP contribution is -2.63. The van der Waals surface area contributed by atoms with Crippen LogP contribution in [0.2, 0.25) is 0 Å². The number of rotatable bonds is 1. The molecule has 80 valence electrons. The highest BCUT2D eigenvalue weighted by Gasteiger charge is 2.41. The van der Waals surface area contributed by atoms with Crippen molar-refractivity contribution in [2.24, 2.45) is 5.92 Å². The first-order valence-corrected chi connectivity index (χ1v) is 5.30. The second kappa shape index (κ2) is 3.51. The van der Waals surface area contributed by atoms with Gasteiger partial charge in [-0.05, 0) is 26.3 Å². The van der Waals surface area contributed by atoms with Crippen molar-refractivity contribution in [1.82, 2.24) is 10.2 Å². The van der Waals surface area contributed by atoms with Gasteiger partial charge in [0.05, 0.1) is 24.6 Å². The minimum absolute atomic E-state index is 0.139. The number of carbonyl (C=O) groups excluding carboxylic acids is 1. The zero-order valence-electron chi connectivity index (χ0n) is 8.62. The fourth-order valence-electron chi connectivity index (χ4n) is 2.25. The SMILES string of the molecule is CC1(O)CN(C(=O)C2CCCNC2)C1. The van der Waals surface area contributed by atoms with Crippen LogP contribution in [0.15, 0.2) is 0 Å². The molecule has 0 aromatic heterocycles. The molecule has 14 heavy (non-hydrogen) atoms. The number of amides is 1. The molecule has 2 aliphatic heterocycles. The molecule has 0 aliphatic carbocycles. The predicted octanol–water partition coefficient (Wildman–Crippen LogP) is -0.421. The van der Waals surface area contributed by atoms with Gasteiger partial charge in [-0.25, -0.2) is 0 Å². The van der Waals surface area contributed by atoms with Crippen molar-refractivity contribution in [2.75, 3.05) is 26.2 Å². The Balaban J connectivity index is 1.84. The van der Waals surface area contributed by atoms with Crippen molar-refractivity contribution in [1.29, 1.82) is 0 Å². The third-order valence-electron chi connectivity index (χ3n) is 3.02. The Morgan fingerprint density at radius 3 is 2.79 bits per heavy atom. The highest BCUT2D eigenvalue weighted by atomic mass is 16.3. The number of aliphatic hydroxyl groups is 1. The van der Waals surface area contributed by atoms with Gasteiger partial charge in [-0.1, -0.05) is 0 Å². The van der Waals surface area contributed by atoms with Crippen LogP contribution in [0.1, 0.15) is 19.8 Å². The molecule has 2 aliphatic rings. The van der Waals surface area contributed by atoms with Crippen LogP contribution in [-0.4, -0.2) is 47.7 Å². The molecule has 0 bridgehead atoms. The topological polar surface area (TPSA) is 52.6 Å². The van der Waals surface area contributed by atoms with Crippen molar-refractivity contribution in [3.63, 3.8) is 0 Å². The third kappa shape index (κ3) is 1.91. The Bertz CT molecular complexity index is 226. The van der Waals surface area contributed by atoms with Gasteiger partial charge in [0.25, 0.3) is 0 Å². The fraction of sp³-hybridized carbons (Fsp3) is 0.900. The van der Waals surface area contributed by atoms with E-state index in [4.69, 9.17) is 0 Å². The van der Waals surface area contributed by atoms with E-state index in [1.165, 1.54) is 0 Å². The highest BCUT2D eigenvalue weighted by molar-refractivity contribution is 5.80. The summed E-state index contributed by atoms with van der Waals surface area (Å²) in [6.07, 6.45) is 2.07.